The normalized spacial score (nSPS) is 11.0. The Balaban J connectivity index is 1.89. The molecule has 3 aromatic carbocycles. The zero-order chi connectivity index (χ0) is 31.6. The van der Waals surface area contributed by atoms with E-state index in [-0.39, 0.29) is 56.0 Å². The van der Waals surface area contributed by atoms with Gasteiger partial charge in [-0.05, 0) is 48.0 Å². The molecule has 3 amide bonds. The molecule has 1 heterocycles. The second kappa shape index (κ2) is 11.5. The Morgan fingerprint density at radius 2 is 1.77 bits per heavy atom. The average Bonchev–Trinajstić information content (AvgIpc) is 3.38. The van der Waals surface area contributed by atoms with Crippen molar-refractivity contribution in [1.82, 2.24) is 5.16 Å². The monoisotopic (exact) mass is 595 g/mol. The first-order valence-electron chi connectivity index (χ1n) is 12.1. The van der Waals surface area contributed by atoms with Gasteiger partial charge in [0.15, 0.2) is 11.3 Å². The van der Waals surface area contributed by atoms with Gasteiger partial charge in [-0.15, -0.1) is 0 Å². The lowest BCUT2D eigenvalue weighted by Gasteiger charge is -2.22. The molecule has 0 aliphatic carbocycles. The van der Waals surface area contributed by atoms with E-state index < -0.39 is 35.6 Å². The van der Waals surface area contributed by atoms with Gasteiger partial charge < -0.3 is 25.0 Å². The molecule has 0 fully saturated rings. The van der Waals surface area contributed by atoms with Crippen LogP contribution in [-0.4, -0.2) is 48.3 Å². The van der Waals surface area contributed by atoms with Crippen molar-refractivity contribution in [3.05, 3.63) is 70.9 Å². The van der Waals surface area contributed by atoms with Gasteiger partial charge in [0.25, 0.3) is 5.91 Å². The van der Waals surface area contributed by atoms with Crippen LogP contribution in [0.25, 0.3) is 22.1 Å². The van der Waals surface area contributed by atoms with Crippen LogP contribution in [0.1, 0.15) is 38.9 Å². The van der Waals surface area contributed by atoms with Crippen LogP contribution in [-0.2, 0) is 15.7 Å². The highest BCUT2D eigenvalue weighted by atomic mass is 19.4. The SMILES string of the molecule is COC(=O)N(C)c1cc2c(C(=O)Nc3ccc(C#N)cc3C(=O)O)noc2cc1-c1ccc(NC(C)=O)cc1C(F)(F)F. The van der Waals surface area contributed by atoms with Crippen LogP contribution in [0, 0.1) is 11.3 Å². The number of fused-ring (bicyclic) bond motifs is 1. The molecular weight excluding hydrogens is 575 g/mol. The van der Waals surface area contributed by atoms with Crippen molar-refractivity contribution in [3.63, 3.8) is 0 Å². The van der Waals surface area contributed by atoms with E-state index in [1.54, 1.807) is 6.07 Å². The summed E-state index contributed by atoms with van der Waals surface area (Å²) >= 11 is 0. The van der Waals surface area contributed by atoms with E-state index in [1.807, 2.05) is 0 Å². The molecule has 15 heteroatoms. The van der Waals surface area contributed by atoms with Gasteiger partial charge in [-0.2, -0.15) is 18.4 Å². The van der Waals surface area contributed by atoms with Gasteiger partial charge in [0.1, 0.15) is 0 Å². The minimum Gasteiger partial charge on any atom is -0.478 e. The minimum absolute atomic E-state index is 0.0269. The van der Waals surface area contributed by atoms with Crippen LogP contribution in [0.2, 0.25) is 0 Å². The van der Waals surface area contributed by atoms with E-state index in [1.165, 1.54) is 31.3 Å². The van der Waals surface area contributed by atoms with Gasteiger partial charge >= 0.3 is 18.2 Å². The molecule has 3 N–H and O–H groups in total. The van der Waals surface area contributed by atoms with Crippen molar-refractivity contribution in [2.75, 3.05) is 29.7 Å². The second-order valence-corrected chi connectivity index (χ2v) is 9.00. The summed E-state index contributed by atoms with van der Waals surface area (Å²) in [6.07, 6.45) is -5.84. The number of rotatable bonds is 6. The lowest BCUT2D eigenvalue weighted by Crippen LogP contribution is -2.26. The number of methoxy groups -OCH3 is 1. The molecule has 0 radical (unpaired) electrons. The van der Waals surface area contributed by atoms with E-state index >= 15 is 0 Å². The zero-order valence-electron chi connectivity index (χ0n) is 22.5. The summed E-state index contributed by atoms with van der Waals surface area (Å²) in [6, 6.07) is 10.8. The largest absolute Gasteiger partial charge is 0.478 e. The van der Waals surface area contributed by atoms with Crippen molar-refractivity contribution < 1.29 is 46.7 Å². The van der Waals surface area contributed by atoms with Crippen molar-refractivity contribution in [1.29, 1.82) is 5.26 Å². The highest BCUT2D eigenvalue weighted by Crippen LogP contribution is 2.43. The molecular formula is C28H20F3N5O7. The number of hydrogen-bond acceptors (Lipinski definition) is 8. The smallest absolute Gasteiger partial charge is 0.417 e. The van der Waals surface area contributed by atoms with Gasteiger partial charge in [-0.1, -0.05) is 11.2 Å². The zero-order valence-corrected chi connectivity index (χ0v) is 22.5. The first-order valence-corrected chi connectivity index (χ1v) is 12.1. The molecule has 0 aliphatic rings. The molecule has 0 unspecified atom stereocenters. The molecule has 0 saturated carbocycles. The number of carboxylic acid groups (broad SMARTS) is 1. The van der Waals surface area contributed by atoms with Crippen molar-refractivity contribution in [3.8, 4) is 17.2 Å². The molecule has 0 atom stereocenters. The predicted octanol–water partition coefficient (Wildman–Crippen LogP) is 5.50. The molecule has 12 nitrogen and oxygen atoms in total. The first-order chi connectivity index (χ1) is 20.2. The number of aromatic nitrogens is 1. The van der Waals surface area contributed by atoms with E-state index in [2.05, 4.69) is 15.8 Å². The standard InChI is InChI=1S/C28H20F3N5O7/c1-13(37)33-15-5-6-16(20(9-15)28(29,30)31)17-11-23-19(10-22(17)36(2)27(41)42-3)24(35-43-23)25(38)34-21-7-4-14(12-32)8-18(21)26(39)40/h4-11H,1-3H3,(H,33,37)(H,34,38)(H,39,40). The second-order valence-electron chi connectivity index (χ2n) is 9.00. The highest BCUT2D eigenvalue weighted by Gasteiger charge is 2.36. The van der Waals surface area contributed by atoms with E-state index in [0.717, 1.165) is 43.2 Å². The summed E-state index contributed by atoms with van der Waals surface area (Å²) in [6.45, 7) is 1.14. The summed E-state index contributed by atoms with van der Waals surface area (Å²) in [4.78, 5) is 49.7. The van der Waals surface area contributed by atoms with Crippen LogP contribution in [0.3, 0.4) is 0 Å². The van der Waals surface area contributed by atoms with E-state index in [0.29, 0.717) is 0 Å². The number of aromatic carboxylic acids is 1. The Hall–Kier alpha value is -5.91. The summed E-state index contributed by atoms with van der Waals surface area (Å²) in [7, 11) is 2.30. The van der Waals surface area contributed by atoms with E-state index in [9.17, 15) is 37.5 Å². The fraction of sp³-hybridized carbons (Fsp3) is 0.143. The Bertz CT molecular complexity index is 1840. The topological polar surface area (TPSA) is 175 Å². The fourth-order valence-corrected chi connectivity index (χ4v) is 4.24. The Morgan fingerprint density at radius 3 is 2.37 bits per heavy atom. The number of alkyl halides is 3. The predicted molar refractivity (Wildman–Crippen MR) is 146 cm³/mol. The third kappa shape index (κ3) is 6.07. The Morgan fingerprint density at radius 1 is 1.05 bits per heavy atom. The van der Waals surface area contributed by atoms with Crippen LogP contribution >= 0.6 is 0 Å². The Labute approximate surface area is 240 Å². The molecule has 4 aromatic rings. The first kappa shape index (κ1) is 30.1. The summed E-state index contributed by atoms with van der Waals surface area (Å²) in [5, 5.41) is 26.9. The average molecular weight is 595 g/mol. The van der Waals surface area contributed by atoms with Crippen LogP contribution in [0.15, 0.2) is 53.1 Å². The minimum atomic E-state index is -4.89. The number of carbonyl (C=O) groups is 4. The number of benzene rings is 3. The number of carboxylic acids is 1. The maximum Gasteiger partial charge on any atom is 0.417 e. The van der Waals surface area contributed by atoms with Crippen molar-refractivity contribution in [2.45, 2.75) is 13.1 Å². The van der Waals surface area contributed by atoms with Gasteiger partial charge in [0.2, 0.25) is 5.91 Å². The van der Waals surface area contributed by atoms with Crippen LogP contribution in [0.4, 0.5) is 35.0 Å². The van der Waals surface area contributed by atoms with Crippen molar-refractivity contribution >= 4 is 51.9 Å². The Kier molecular flexibility index (Phi) is 8.06. The molecule has 43 heavy (non-hydrogen) atoms. The fourth-order valence-electron chi connectivity index (χ4n) is 4.24. The quantitative estimate of drug-likeness (QED) is 0.260. The molecule has 220 valence electrons. The molecule has 0 bridgehead atoms. The van der Waals surface area contributed by atoms with Gasteiger partial charge in [0.05, 0.1) is 46.6 Å². The lowest BCUT2D eigenvalue weighted by molar-refractivity contribution is -0.137. The number of ether oxygens (including phenoxy) is 1. The summed E-state index contributed by atoms with van der Waals surface area (Å²) in [5.74, 6) is -2.95. The van der Waals surface area contributed by atoms with Gasteiger partial charge in [-0.25, -0.2) is 9.59 Å². The lowest BCUT2D eigenvalue weighted by atomic mass is 9.95. The van der Waals surface area contributed by atoms with Gasteiger partial charge in [0, 0.05) is 25.2 Å². The maximum atomic E-state index is 14.2. The number of nitrogens with one attached hydrogen (secondary N) is 2. The summed E-state index contributed by atoms with van der Waals surface area (Å²) in [5.41, 5.74) is -2.94. The molecule has 0 saturated heterocycles. The number of nitrogens with zero attached hydrogens (tertiary/aromatic N) is 3. The van der Waals surface area contributed by atoms with Crippen molar-refractivity contribution in [2.24, 2.45) is 0 Å². The van der Waals surface area contributed by atoms with Crippen LogP contribution < -0.4 is 15.5 Å². The molecule has 4 rings (SSSR count). The molecule has 0 aliphatic heterocycles. The number of carbonyl (C=O) groups excluding carboxylic acids is 3. The molecule has 1 aromatic heterocycles. The van der Waals surface area contributed by atoms with Gasteiger partial charge in [-0.3, -0.25) is 14.5 Å². The third-order valence-corrected chi connectivity index (χ3v) is 6.18. The van der Waals surface area contributed by atoms with E-state index in [4.69, 9.17) is 14.5 Å². The maximum absolute atomic E-state index is 14.2. The third-order valence-electron chi connectivity index (χ3n) is 6.18. The number of anilines is 3. The summed E-state index contributed by atoms with van der Waals surface area (Å²) < 4.78 is 52.6. The number of nitriles is 1. The number of halogens is 3. The number of hydrogen-bond donors (Lipinski definition) is 3. The highest BCUT2D eigenvalue weighted by molar-refractivity contribution is 6.14. The van der Waals surface area contributed by atoms with Crippen LogP contribution in [0.5, 0.6) is 0 Å². The molecule has 0 spiro atoms. The number of amides is 3.